The minimum atomic E-state index is -1.74. The van der Waals surface area contributed by atoms with Gasteiger partial charge in [0.25, 0.3) is 0 Å². The largest absolute Gasteiger partial charge is 0.354 e. The molecule has 0 aromatic heterocycles. The first-order valence-corrected chi connectivity index (χ1v) is 28.0. The molecule has 2 bridgehead atoms. The van der Waals surface area contributed by atoms with Gasteiger partial charge in [-0.3, -0.25) is 19.4 Å². The third kappa shape index (κ3) is 10.8. The summed E-state index contributed by atoms with van der Waals surface area (Å²) >= 11 is 1.86. The van der Waals surface area contributed by atoms with Crippen molar-refractivity contribution >= 4 is 33.5 Å². The molecule has 2 aliphatic rings. The number of Topliss-reactive ketones (excluding diaryl/α,β-unsaturated/α-hetero) is 1. The Morgan fingerprint density at radius 2 is 1.14 bits per heavy atom. The van der Waals surface area contributed by atoms with Crippen molar-refractivity contribution in [3.05, 3.63) is 234 Å². The summed E-state index contributed by atoms with van der Waals surface area (Å²) in [5, 5.41) is 3.38. The molecule has 70 heavy (non-hydrogen) atoms. The van der Waals surface area contributed by atoms with E-state index >= 15 is 0 Å². The zero-order valence-corrected chi connectivity index (χ0v) is 42.0. The van der Waals surface area contributed by atoms with Gasteiger partial charge in [0.05, 0.1) is 11.3 Å². The molecule has 0 spiro atoms. The fraction of sp³-hybridized carbons (Fsp3) is 0.290. The van der Waals surface area contributed by atoms with Crippen molar-refractivity contribution in [3.63, 3.8) is 0 Å². The number of hydrogen-bond donors (Lipinski definition) is 1. The number of halogens is 1. The molecule has 4 atom stereocenters. The van der Waals surface area contributed by atoms with Crippen molar-refractivity contribution in [2.24, 2.45) is 5.92 Å². The van der Waals surface area contributed by atoms with Gasteiger partial charge in [-0.25, -0.2) is 4.39 Å². The molecule has 1 N–H and O–H groups in total. The number of benzene rings is 7. The van der Waals surface area contributed by atoms with Gasteiger partial charge in [0, 0.05) is 49.0 Å². The third-order valence-electron chi connectivity index (χ3n) is 14.8. The molecule has 2 heterocycles. The van der Waals surface area contributed by atoms with E-state index < -0.39 is 14.8 Å². The first kappa shape index (κ1) is 49.2. The van der Waals surface area contributed by atoms with Crippen LogP contribution in [-0.4, -0.2) is 77.8 Å². The normalized spacial score (nSPS) is 18.4. The molecule has 3 unspecified atom stereocenters. The van der Waals surface area contributed by atoms with Crippen molar-refractivity contribution in [1.82, 2.24) is 15.1 Å². The Morgan fingerprint density at radius 3 is 1.63 bits per heavy atom. The summed E-state index contributed by atoms with van der Waals surface area (Å²) in [7, 11) is -1.74. The molecular formula is C62H66FN3O2S2. The number of fused-ring (bicyclic) bond motifs is 2. The van der Waals surface area contributed by atoms with Crippen LogP contribution in [-0.2, 0) is 14.3 Å². The number of ketones is 1. The van der Waals surface area contributed by atoms with Crippen molar-refractivity contribution in [2.75, 3.05) is 44.2 Å². The second-order valence-corrected chi connectivity index (χ2v) is 23.4. The maximum Gasteiger partial charge on any atom is 0.234 e. The van der Waals surface area contributed by atoms with Crippen molar-refractivity contribution in [3.8, 4) is 0 Å². The van der Waals surface area contributed by atoms with Crippen molar-refractivity contribution in [2.45, 2.75) is 76.5 Å². The van der Waals surface area contributed by atoms with Crippen LogP contribution in [0.4, 0.5) is 4.39 Å². The molecular weight excluding hydrogens is 902 g/mol. The lowest BCUT2D eigenvalue weighted by molar-refractivity contribution is -0.127. The number of piperidine rings is 1. The van der Waals surface area contributed by atoms with Crippen LogP contribution in [0.15, 0.2) is 221 Å². The molecule has 2 saturated heterocycles. The molecule has 2 fully saturated rings. The first-order chi connectivity index (χ1) is 34.4. The smallest absolute Gasteiger partial charge is 0.234 e. The highest BCUT2D eigenvalue weighted by Gasteiger charge is 2.49. The van der Waals surface area contributed by atoms with E-state index in [0.717, 1.165) is 56.6 Å². The lowest BCUT2D eigenvalue weighted by Crippen LogP contribution is -2.51. The SMILES string of the molecule is CCC(=O)[C@H]1C(c2ccc(F)cc2)CC2CCC1N2CCCN(CCS(c1ccccc1)(c1ccccc1)c1ccccc1)CC(=O)NCCSC(c1ccccc1)(c1ccccc1)c1ccccc1. The number of nitrogens with zero attached hydrogens (tertiary/aromatic N) is 2. The molecule has 8 heteroatoms. The molecule has 0 radical (unpaired) electrons. The van der Waals surface area contributed by atoms with Gasteiger partial charge in [0.1, 0.15) is 11.6 Å². The minimum absolute atomic E-state index is 0.0267. The van der Waals surface area contributed by atoms with Gasteiger partial charge in [-0.2, -0.15) is 10.0 Å². The van der Waals surface area contributed by atoms with Gasteiger partial charge in [-0.1, -0.05) is 165 Å². The van der Waals surface area contributed by atoms with Crippen LogP contribution in [0.2, 0.25) is 0 Å². The van der Waals surface area contributed by atoms with E-state index in [4.69, 9.17) is 0 Å². The summed E-state index contributed by atoms with van der Waals surface area (Å²) in [4.78, 5) is 37.2. The average Bonchev–Trinajstić information content (AvgIpc) is 3.69. The molecule has 5 nitrogen and oxygen atoms in total. The van der Waals surface area contributed by atoms with Gasteiger partial charge >= 0.3 is 0 Å². The van der Waals surface area contributed by atoms with E-state index in [1.165, 1.54) is 43.5 Å². The fourth-order valence-electron chi connectivity index (χ4n) is 11.5. The number of carbonyl (C=O) groups is 2. The van der Waals surface area contributed by atoms with Gasteiger partial charge < -0.3 is 5.32 Å². The fourth-order valence-corrected chi connectivity index (χ4v) is 16.9. The predicted octanol–water partition coefficient (Wildman–Crippen LogP) is 13.3. The summed E-state index contributed by atoms with van der Waals surface area (Å²) in [6.45, 7) is 5.13. The average molecular weight is 968 g/mol. The van der Waals surface area contributed by atoms with E-state index in [1.54, 1.807) is 0 Å². The molecule has 0 saturated carbocycles. The Labute approximate surface area is 421 Å². The number of carbonyl (C=O) groups excluding carboxylic acids is 2. The molecule has 1 amide bonds. The van der Waals surface area contributed by atoms with Gasteiger partial charge in [-0.15, -0.1) is 11.8 Å². The standard InChI is InChI=1S/C62H66FN3O2S2/c1-2-59(67)61-57(48-34-36-52(63)37-35-48)46-53-38-39-58(61)66(53)42-21-41-65(43-45-70(54-28-15-6-16-29-54,55-30-17-7-18-31-55)56-32-19-8-20-33-56)47-60(68)64-40-44-69-62(49-22-9-3-10-23-49,50-24-11-4-12-25-50)51-26-13-5-14-27-51/h3-20,22-37,53,57-58,61H,2,21,38-47H2,1H3,(H,64,68)/t53?,57?,58?,61-/m0/s1. The Kier molecular flexibility index (Phi) is 16.5. The minimum Gasteiger partial charge on any atom is -0.354 e. The summed E-state index contributed by atoms with van der Waals surface area (Å²) in [5.41, 5.74) is 4.69. The second-order valence-electron chi connectivity index (χ2n) is 18.8. The van der Waals surface area contributed by atoms with Gasteiger partial charge in [0.2, 0.25) is 5.91 Å². The van der Waals surface area contributed by atoms with Crippen LogP contribution in [0, 0.1) is 11.7 Å². The highest BCUT2D eigenvalue weighted by Crippen LogP contribution is 2.68. The van der Waals surface area contributed by atoms with Crippen LogP contribution >= 0.6 is 21.8 Å². The van der Waals surface area contributed by atoms with Crippen LogP contribution in [0.3, 0.4) is 0 Å². The van der Waals surface area contributed by atoms with Crippen LogP contribution in [0.1, 0.15) is 67.2 Å². The zero-order chi connectivity index (χ0) is 48.2. The highest BCUT2D eigenvalue weighted by atomic mass is 32.3. The van der Waals surface area contributed by atoms with Crippen LogP contribution in [0.5, 0.6) is 0 Å². The number of rotatable bonds is 22. The molecule has 360 valence electrons. The Hall–Kier alpha value is -5.77. The van der Waals surface area contributed by atoms with Gasteiger partial charge in [0.15, 0.2) is 0 Å². The quantitative estimate of drug-likeness (QED) is 0.0542. The van der Waals surface area contributed by atoms with Crippen LogP contribution in [0.25, 0.3) is 0 Å². The Bertz CT molecular complexity index is 2520. The van der Waals surface area contributed by atoms with E-state index in [2.05, 4.69) is 197 Å². The Morgan fingerprint density at radius 1 is 0.657 bits per heavy atom. The van der Waals surface area contributed by atoms with Gasteiger partial charge in [-0.05, 0) is 130 Å². The maximum atomic E-state index is 14.4. The van der Waals surface area contributed by atoms with Crippen molar-refractivity contribution < 1.29 is 14.0 Å². The van der Waals surface area contributed by atoms with E-state index in [0.29, 0.717) is 30.5 Å². The molecule has 7 aromatic rings. The van der Waals surface area contributed by atoms with E-state index in [1.807, 2.05) is 30.8 Å². The Balaban J connectivity index is 0.958. The summed E-state index contributed by atoms with van der Waals surface area (Å²) in [6.07, 6.45) is 4.35. The highest BCUT2D eigenvalue weighted by molar-refractivity contribution is 8.33. The van der Waals surface area contributed by atoms with Crippen LogP contribution < -0.4 is 5.32 Å². The zero-order valence-electron chi connectivity index (χ0n) is 40.3. The molecule has 2 aliphatic heterocycles. The third-order valence-corrected chi connectivity index (χ3v) is 20.3. The van der Waals surface area contributed by atoms with Crippen molar-refractivity contribution in [1.29, 1.82) is 0 Å². The summed E-state index contributed by atoms with van der Waals surface area (Å²) < 4.78 is 13.6. The predicted molar refractivity (Wildman–Crippen MR) is 288 cm³/mol. The van der Waals surface area contributed by atoms with E-state index in [-0.39, 0.29) is 36.1 Å². The lowest BCUT2D eigenvalue weighted by Gasteiger charge is -2.45. The summed E-state index contributed by atoms with van der Waals surface area (Å²) in [6, 6.07) is 72.4. The molecule has 0 aliphatic carbocycles. The number of thioether (sulfide) groups is 1. The first-order valence-electron chi connectivity index (χ1n) is 25.2. The van der Waals surface area contributed by atoms with E-state index in [9.17, 15) is 14.0 Å². The lowest BCUT2D eigenvalue weighted by atomic mass is 9.73. The monoisotopic (exact) mass is 967 g/mol. The maximum absolute atomic E-state index is 14.4. The number of hydrogen-bond acceptors (Lipinski definition) is 5. The molecule has 7 aromatic carbocycles. The number of amides is 1. The second kappa shape index (κ2) is 23.4. The molecule has 9 rings (SSSR count). The summed E-state index contributed by atoms with van der Waals surface area (Å²) in [5.74, 6) is 1.64. The number of nitrogens with one attached hydrogen (secondary N) is 1. The topological polar surface area (TPSA) is 52.7 Å².